The van der Waals surface area contributed by atoms with Crippen LogP contribution in [0, 0.1) is 6.92 Å². The number of aryl methyl sites for hydroxylation is 1. The Morgan fingerprint density at radius 1 is 0.765 bits per heavy atom. The molecule has 0 spiro atoms. The largest absolute Gasteiger partial charge is 0.497 e. The van der Waals surface area contributed by atoms with Gasteiger partial charge in [-0.3, -0.25) is 9.59 Å². The molecule has 4 rings (SSSR count). The number of ether oxygens (including phenoxy) is 3. The fraction of sp³-hybridized carbons (Fsp3) is 0.154. The standard InChI is InChI=1S/C26H24N2O6/c1-15-18-12-17(31-2)10-11-21(18)34-24(15)26(30)28-20-14-22(32-3)19(13-23(20)33-4)27-25(29)16-8-6-5-7-9-16/h5-14H,1-4H3,(H,27,29)(H,28,30). The summed E-state index contributed by atoms with van der Waals surface area (Å²) in [5, 5.41) is 6.41. The maximum atomic E-state index is 13.1. The Balaban J connectivity index is 1.63. The van der Waals surface area contributed by atoms with Crippen LogP contribution in [0.3, 0.4) is 0 Å². The molecule has 0 unspecified atom stereocenters. The minimum Gasteiger partial charge on any atom is -0.497 e. The summed E-state index contributed by atoms with van der Waals surface area (Å²) in [5.41, 5.74) is 2.52. The Morgan fingerprint density at radius 3 is 1.97 bits per heavy atom. The number of anilines is 2. The lowest BCUT2D eigenvalue weighted by Crippen LogP contribution is -2.15. The van der Waals surface area contributed by atoms with Gasteiger partial charge in [-0.05, 0) is 37.3 Å². The molecule has 0 bridgehead atoms. The van der Waals surface area contributed by atoms with E-state index in [9.17, 15) is 9.59 Å². The lowest BCUT2D eigenvalue weighted by atomic mass is 10.1. The summed E-state index contributed by atoms with van der Waals surface area (Å²) in [6, 6.07) is 17.3. The zero-order valence-electron chi connectivity index (χ0n) is 19.2. The fourth-order valence-electron chi connectivity index (χ4n) is 3.60. The van der Waals surface area contributed by atoms with Crippen LogP contribution >= 0.6 is 0 Å². The van der Waals surface area contributed by atoms with Crippen molar-refractivity contribution < 1.29 is 28.2 Å². The maximum absolute atomic E-state index is 13.1. The van der Waals surface area contributed by atoms with Crippen LogP contribution in [-0.2, 0) is 0 Å². The van der Waals surface area contributed by atoms with Crippen LogP contribution in [0.25, 0.3) is 11.0 Å². The lowest BCUT2D eigenvalue weighted by Gasteiger charge is -2.16. The molecule has 4 aromatic rings. The van der Waals surface area contributed by atoms with Gasteiger partial charge in [-0.15, -0.1) is 0 Å². The van der Waals surface area contributed by atoms with Crippen molar-refractivity contribution in [3.63, 3.8) is 0 Å². The highest BCUT2D eigenvalue weighted by atomic mass is 16.5. The zero-order chi connectivity index (χ0) is 24.2. The third-order valence-corrected chi connectivity index (χ3v) is 5.40. The first kappa shape index (κ1) is 22.7. The van der Waals surface area contributed by atoms with Crippen LogP contribution in [0.15, 0.2) is 65.1 Å². The van der Waals surface area contributed by atoms with E-state index in [-0.39, 0.29) is 11.7 Å². The molecule has 0 atom stereocenters. The third-order valence-electron chi connectivity index (χ3n) is 5.40. The normalized spacial score (nSPS) is 10.6. The number of benzene rings is 3. The van der Waals surface area contributed by atoms with Gasteiger partial charge in [0.2, 0.25) is 0 Å². The first-order valence-electron chi connectivity index (χ1n) is 10.5. The Bertz CT molecular complexity index is 1360. The van der Waals surface area contributed by atoms with Gasteiger partial charge in [-0.1, -0.05) is 18.2 Å². The molecule has 1 heterocycles. The molecule has 3 aromatic carbocycles. The Morgan fingerprint density at radius 2 is 1.38 bits per heavy atom. The highest BCUT2D eigenvalue weighted by Gasteiger charge is 2.21. The van der Waals surface area contributed by atoms with Crippen molar-refractivity contribution in [3.05, 3.63) is 77.6 Å². The van der Waals surface area contributed by atoms with E-state index in [0.717, 1.165) is 5.39 Å². The molecule has 174 valence electrons. The van der Waals surface area contributed by atoms with Crippen LogP contribution < -0.4 is 24.8 Å². The van der Waals surface area contributed by atoms with Crippen molar-refractivity contribution in [1.29, 1.82) is 0 Å². The van der Waals surface area contributed by atoms with Gasteiger partial charge in [0.05, 0.1) is 32.7 Å². The number of furan rings is 1. The van der Waals surface area contributed by atoms with Crippen LogP contribution in [0.2, 0.25) is 0 Å². The number of rotatable bonds is 7. The molecule has 8 nitrogen and oxygen atoms in total. The predicted octanol–water partition coefficient (Wildman–Crippen LogP) is 5.27. The van der Waals surface area contributed by atoms with Gasteiger partial charge in [0.1, 0.15) is 22.8 Å². The number of hydrogen-bond acceptors (Lipinski definition) is 6. The van der Waals surface area contributed by atoms with E-state index in [2.05, 4.69) is 10.6 Å². The quantitative estimate of drug-likeness (QED) is 0.390. The molecule has 0 aliphatic rings. The molecule has 2 N–H and O–H groups in total. The van der Waals surface area contributed by atoms with Gasteiger partial charge in [0.25, 0.3) is 11.8 Å². The zero-order valence-corrected chi connectivity index (χ0v) is 19.2. The molecule has 0 saturated heterocycles. The Hall–Kier alpha value is -4.46. The summed E-state index contributed by atoms with van der Waals surface area (Å²) >= 11 is 0. The van der Waals surface area contributed by atoms with Gasteiger partial charge >= 0.3 is 0 Å². The molecule has 0 fully saturated rings. The van der Waals surface area contributed by atoms with Gasteiger partial charge < -0.3 is 29.3 Å². The summed E-state index contributed by atoms with van der Waals surface area (Å²) in [4.78, 5) is 25.7. The van der Waals surface area contributed by atoms with Crippen LogP contribution in [0.4, 0.5) is 11.4 Å². The average Bonchev–Trinajstić information content (AvgIpc) is 3.20. The number of hydrogen-bond donors (Lipinski definition) is 2. The smallest absolute Gasteiger partial charge is 0.291 e. The summed E-state index contributed by atoms with van der Waals surface area (Å²) in [5.74, 6) is 0.785. The number of carbonyl (C=O) groups excluding carboxylic acids is 2. The van der Waals surface area contributed by atoms with Gasteiger partial charge in [0, 0.05) is 28.6 Å². The van der Waals surface area contributed by atoms with E-state index in [1.165, 1.54) is 14.2 Å². The van der Waals surface area contributed by atoms with Crippen molar-refractivity contribution in [2.24, 2.45) is 0 Å². The number of methoxy groups -OCH3 is 3. The van der Waals surface area contributed by atoms with Gasteiger partial charge in [-0.2, -0.15) is 0 Å². The first-order valence-corrected chi connectivity index (χ1v) is 10.5. The van der Waals surface area contributed by atoms with E-state index in [0.29, 0.717) is 45.3 Å². The SMILES string of the molecule is COc1ccc2oc(C(=O)Nc3cc(OC)c(NC(=O)c4ccccc4)cc3OC)c(C)c2c1. The van der Waals surface area contributed by atoms with Crippen LogP contribution in [-0.4, -0.2) is 33.1 Å². The minimum absolute atomic E-state index is 0.172. The van der Waals surface area contributed by atoms with Crippen molar-refractivity contribution in [3.8, 4) is 17.2 Å². The molecule has 2 amide bonds. The van der Waals surface area contributed by atoms with Crippen molar-refractivity contribution in [1.82, 2.24) is 0 Å². The molecular weight excluding hydrogens is 436 g/mol. The van der Waals surface area contributed by atoms with Crippen LogP contribution in [0.1, 0.15) is 26.5 Å². The highest BCUT2D eigenvalue weighted by molar-refractivity contribution is 6.08. The number of carbonyl (C=O) groups is 2. The Kier molecular flexibility index (Phi) is 6.40. The molecule has 8 heteroatoms. The second-order valence-electron chi connectivity index (χ2n) is 7.45. The van der Waals surface area contributed by atoms with Gasteiger partial charge in [0.15, 0.2) is 5.76 Å². The van der Waals surface area contributed by atoms with Crippen LogP contribution in [0.5, 0.6) is 17.2 Å². The molecule has 0 saturated carbocycles. The summed E-state index contributed by atoms with van der Waals surface area (Å²) in [6.07, 6.45) is 0. The first-order chi connectivity index (χ1) is 16.4. The van der Waals surface area contributed by atoms with E-state index >= 15 is 0 Å². The highest BCUT2D eigenvalue weighted by Crippen LogP contribution is 2.37. The molecule has 34 heavy (non-hydrogen) atoms. The third kappa shape index (κ3) is 4.38. The molecule has 0 aliphatic heterocycles. The molecular formula is C26H24N2O6. The fourth-order valence-corrected chi connectivity index (χ4v) is 3.60. The summed E-state index contributed by atoms with van der Waals surface area (Å²) in [6.45, 7) is 1.81. The Labute approximate surface area is 196 Å². The minimum atomic E-state index is -0.450. The summed E-state index contributed by atoms with van der Waals surface area (Å²) in [7, 11) is 4.52. The van der Waals surface area contributed by atoms with E-state index in [4.69, 9.17) is 18.6 Å². The molecule has 0 aliphatic carbocycles. The average molecular weight is 460 g/mol. The lowest BCUT2D eigenvalue weighted by molar-refractivity contribution is 0.0995. The topological polar surface area (TPSA) is 99.0 Å². The van der Waals surface area contributed by atoms with Crippen molar-refractivity contribution >= 4 is 34.2 Å². The number of fused-ring (bicyclic) bond motifs is 1. The second kappa shape index (κ2) is 9.58. The summed E-state index contributed by atoms with van der Waals surface area (Å²) < 4.78 is 22.0. The van der Waals surface area contributed by atoms with E-state index in [1.807, 2.05) is 12.1 Å². The second-order valence-corrected chi connectivity index (χ2v) is 7.45. The van der Waals surface area contributed by atoms with E-state index in [1.54, 1.807) is 62.6 Å². The van der Waals surface area contributed by atoms with Gasteiger partial charge in [-0.25, -0.2) is 0 Å². The molecule has 0 radical (unpaired) electrons. The number of nitrogens with one attached hydrogen (secondary N) is 2. The van der Waals surface area contributed by atoms with E-state index < -0.39 is 5.91 Å². The maximum Gasteiger partial charge on any atom is 0.291 e. The predicted molar refractivity (Wildman–Crippen MR) is 129 cm³/mol. The molecule has 1 aromatic heterocycles. The van der Waals surface area contributed by atoms with Crippen molar-refractivity contribution in [2.75, 3.05) is 32.0 Å². The monoisotopic (exact) mass is 460 g/mol. The van der Waals surface area contributed by atoms with Crippen molar-refractivity contribution in [2.45, 2.75) is 6.92 Å². The number of amides is 2.